The Kier molecular flexibility index (Phi) is 6.24. The number of hydrogen-bond acceptors (Lipinski definition) is 3. The Labute approximate surface area is 162 Å². The number of nitrogens with two attached hydrogens (primary N) is 1. The molecule has 0 bridgehead atoms. The number of rotatable bonds is 8. The van der Waals surface area contributed by atoms with Gasteiger partial charge in [-0.1, -0.05) is 48.5 Å². The maximum absolute atomic E-state index is 12.9. The van der Waals surface area contributed by atoms with E-state index in [1.54, 1.807) is 17.0 Å². The summed E-state index contributed by atoms with van der Waals surface area (Å²) in [5, 5.41) is 0. The summed E-state index contributed by atoms with van der Waals surface area (Å²) < 4.78 is 42.1. The molecule has 0 spiro atoms. The molecule has 2 atom stereocenters. The first-order chi connectivity index (χ1) is 13.4. The van der Waals surface area contributed by atoms with E-state index >= 15 is 0 Å². The molecule has 0 aromatic heterocycles. The van der Waals surface area contributed by atoms with Gasteiger partial charge in [-0.05, 0) is 36.0 Å². The van der Waals surface area contributed by atoms with Gasteiger partial charge in [0.15, 0.2) is 0 Å². The molecule has 150 valence electrons. The molecular formula is C21H23F3N2O2. The lowest BCUT2D eigenvalue weighted by Gasteiger charge is -2.22. The Morgan fingerprint density at radius 2 is 1.75 bits per heavy atom. The van der Waals surface area contributed by atoms with Crippen LogP contribution in [0.25, 0.3) is 0 Å². The van der Waals surface area contributed by atoms with Crippen molar-refractivity contribution in [1.82, 2.24) is 4.90 Å². The molecule has 2 aromatic rings. The Balaban J connectivity index is 1.66. The van der Waals surface area contributed by atoms with E-state index in [0.29, 0.717) is 38.0 Å². The predicted octanol–water partition coefficient (Wildman–Crippen LogP) is 3.72. The van der Waals surface area contributed by atoms with Crippen molar-refractivity contribution in [3.05, 3.63) is 65.7 Å². The van der Waals surface area contributed by atoms with Crippen LogP contribution in [-0.2, 0) is 11.2 Å². The summed E-state index contributed by atoms with van der Waals surface area (Å²) in [6, 6.07) is 15.8. The van der Waals surface area contributed by atoms with Crippen LogP contribution in [0.3, 0.4) is 0 Å². The molecule has 2 unspecified atom stereocenters. The lowest BCUT2D eigenvalue weighted by molar-refractivity contribution is -0.274. The Morgan fingerprint density at radius 3 is 2.43 bits per heavy atom. The summed E-state index contributed by atoms with van der Waals surface area (Å²) in [5.41, 5.74) is 7.20. The quantitative estimate of drug-likeness (QED) is 0.745. The molecule has 1 aliphatic rings. The number of para-hydroxylation sites is 1. The van der Waals surface area contributed by atoms with Crippen molar-refractivity contribution in [2.24, 2.45) is 11.7 Å². The Bertz CT molecular complexity index is 796. The standard InChI is InChI=1S/C21H23F3N2O2/c22-21(23,24)28-19-9-5-4-8-16(19)17-14-18(17)20(27)26(13-11-25)12-10-15-6-2-1-3-7-15/h1-9,17-18H,10-14,25H2. The van der Waals surface area contributed by atoms with E-state index in [1.807, 2.05) is 30.3 Å². The van der Waals surface area contributed by atoms with E-state index in [-0.39, 0.29) is 23.5 Å². The van der Waals surface area contributed by atoms with Crippen molar-refractivity contribution < 1.29 is 22.7 Å². The van der Waals surface area contributed by atoms with Crippen molar-refractivity contribution in [2.75, 3.05) is 19.6 Å². The second-order valence-corrected chi connectivity index (χ2v) is 6.88. The highest BCUT2D eigenvalue weighted by Gasteiger charge is 2.47. The zero-order chi connectivity index (χ0) is 20.1. The molecule has 4 nitrogen and oxygen atoms in total. The third-order valence-corrected chi connectivity index (χ3v) is 4.88. The summed E-state index contributed by atoms with van der Waals surface area (Å²) in [7, 11) is 0. The highest BCUT2D eigenvalue weighted by molar-refractivity contribution is 5.83. The number of amides is 1. The molecule has 0 heterocycles. The second kappa shape index (κ2) is 8.65. The molecule has 3 rings (SSSR count). The number of hydrogen-bond donors (Lipinski definition) is 1. The van der Waals surface area contributed by atoms with Gasteiger partial charge < -0.3 is 15.4 Å². The van der Waals surface area contributed by atoms with Crippen LogP contribution >= 0.6 is 0 Å². The molecule has 1 amide bonds. The fourth-order valence-electron chi connectivity index (χ4n) is 3.45. The van der Waals surface area contributed by atoms with Crippen LogP contribution in [0.1, 0.15) is 23.5 Å². The van der Waals surface area contributed by atoms with Gasteiger partial charge in [0.1, 0.15) is 5.75 Å². The predicted molar refractivity (Wildman–Crippen MR) is 99.8 cm³/mol. The van der Waals surface area contributed by atoms with Gasteiger partial charge in [0.2, 0.25) is 5.91 Å². The van der Waals surface area contributed by atoms with Crippen molar-refractivity contribution in [2.45, 2.75) is 25.1 Å². The number of nitrogens with zero attached hydrogens (tertiary/aromatic N) is 1. The van der Waals surface area contributed by atoms with E-state index in [0.717, 1.165) is 5.56 Å². The average Bonchev–Trinajstić information content (AvgIpc) is 3.45. The van der Waals surface area contributed by atoms with Crippen LogP contribution in [0.2, 0.25) is 0 Å². The van der Waals surface area contributed by atoms with Crippen molar-refractivity contribution in [1.29, 1.82) is 0 Å². The van der Waals surface area contributed by atoms with Crippen molar-refractivity contribution in [3.8, 4) is 5.75 Å². The zero-order valence-electron chi connectivity index (χ0n) is 15.4. The van der Waals surface area contributed by atoms with Crippen molar-refractivity contribution in [3.63, 3.8) is 0 Å². The van der Waals surface area contributed by atoms with Crippen LogP contribution < -0.4 is 10.5 Å². The fraction of sp³-hybridized carbons (Fsp3) is 0.381. The summed E-state index contributed by atoms with van der Waals surface area (Å²) in [6.07, 6.45) is -3.53. The molecule has 0 aliphatic heterocycles. The third kappa shape index (κ3) is 5.25. The number of carbonyl (C=O) groups excluding carboxylic acids is 1. The molecule has 28 heavy (non-hydrogen) atoms. The van der Waals surface area contributed by atoms with E-state index in [2.05, 4.69) is 4.74 Å². The average molecular weight is 392 g/mol. The van der Waals surface area contributed by atoms with Crippen molar-refractivity contribution >= 4 is 5.91 Å². The van der Waals surface area contributed by atoms with Gasteiger partial charge in [-0.25, -0.2) is 0 Å². The molecule has 1 saturated carbocycles. The molecule has 2 N–H and O–H groups in total. The molecule has 2 aromatic carbocycles. The minimum absolute atomic E-state index is 0.0619. The Morgan fingerprint density at radius 1 is 1.07 bits per heavy atom. The third-order valence-electron chi connectivity index (χ3n) is 4.88. The molecule has 7 heteroatoms. The van der Waals surface area contributed by atoms with Gasteiger partial charge in [-0.15, -0.1) is 13.2 Å². The molecule has 0 saturated heterocycles. The van der Waals surface area contributed by atoms with Gasteiger partial charge in [-0.3, -0.25) is 4.79 Å². The van der Waals surface area contributed by atoms with Crippen LogP contribution in [-0.4, -0.2) is 36.8 Å². The SMILES string of the molecule is NCCN(CCc1ccccc1)C(=O)C1CC1c1ccccc1OC(F)(F)F. The number of halogens is 3. The first kappa shape index (κ1) is 20.2. The van der Waals surface area contributed by atoms with Crippen LogP contribution in [0.5, 0.6) is 5.75 Å². The normalized spacial score (nSPS) is 18.6. The summed E-state index contributed by atoms with van der Waals surface area (Å²) in [6.45, 7) is 1.30. The zero-order valence-corrected chi connectivity index (χ0v) is 15.4. The van der Waals surface area contributed by atoms with Gasteiger partial charge in [-0.2, -0.15) is 0 Å². The van der Waals surface area contributed by atoms with Gasteiger partial charge in [0.25, 0.3) is 0 Å². The lowest BCUT2D eigenvalue weighted by atomic mass is 10.1. The number of ether oxygens (including phenoxy) is 1. The summed E-state index contributed by atoms with van der Waals surface area (Å²) in [5.74, 6) is -0.887. The molecule has 0 radical (unpaired) electrons. The molecule has 1 fully saturated rings. The van der Waals surface area contributed by atoms with Gasteiger partial charge in [0, 0.05) is 25.6 Å². The topological polar surface area (TPSA) is 55.6 Å². The van der Waals surface area contributed by atoms with Crippen LogP contribution in [0, 0.1) is 5.92 Å². The van der Waals surface area contributed by atoms with Crippen LogP contribution in [0.15, 0.2) is 54.6 Å². The van der Waals surface area contributed by atoms with E-state index in [9.17, 15) is 18.0 Å². The largest absolute Gasteiger partial charge is 0.573 e. The number of alkyl halides is 3. The maximum Gasteiger partial charge on any atom is 0.573 e. The minimum atomic E-state index is -4.76. The van der Waals surface area contributed by atoms with E-state index in [1.165, 1.54) is 12.1 Å². The van der Waals surface area contributed by atoms with Gasteiger partial charge in [0.05, 0.1) is 0 Å². The highest BCUT2D eigenvalue weighted by atomic mass is 19.4. The van der Waals surface area contributed by atoms with Crippen LogP contribution in [0.4, 0.5) is 13.2 Å². The van der Waals surface area contributed by atoms with E-state index in [4.69, 9.17) is 5.73 Å². The second-order valence-electron chi connectivity index (χ2n) is 6.88. The first-order valence-corrected chi connectivity index (χ1v) is 9.26. The van der Waals surface area contributed by atoms with E-state index < -0.39 is 6.36 Å². The summed E-state index contributed by atoms with van der Waals surface area (Å²) in [4.78, 5) is 14.6. The monoisotopic (exact) mass is 392 g/mol. The number of carbonyl (C=O) groups is 1. The molecule has 1 aliphatic carbocycles. The maximum atomic E-state index is 12.9. The lowest BCUT2D eigenvalue weighted by Crippen LogP contribution is -2.38. The first-order valence-electron chi connectivity index (χ1n) is 9.26. The smallest absolute Gasteiger partial charge is 0.405 e. The van der Waals surface area contributed by atoms with Gasteiger partial charge >= 0.3 is 6.36 Å². The number of benzene rings is 2. The fourth-order valence-corrected chi connectivity index (χ4v) is 3.45. The Hall–Kier alpha value is -2.54. The summed E-state index contributed by atoms with van der Waals surface area (Å²) >= 11 is 0. The highest BCUT2D eigenvalue weighted by Crippen LogP contribution is 2.51. The molecular weight excluding hydrogens is 369 g/mol. The minimum Gasteiger partial charge on any atom is -0.405 e.